The largest absolute Gasteiger partial charge is 0.412 e. The van der Waals surface area contributed by atoms with Crippen molar-refractivity contribution in [3.8, 4) is 0 Å². The number of halogens is 3. The molecule has 1 saturated heterocycles. The Morgan fingerprint density at radius 1 is 1.42 bits per heavy atom. The van der Waals surface area contributed by atoms with E-state index in [1.807, 2.05) is 11.9 Å². The van der Waals surface area contributed by atoms with Gasteiger partial charge in [-0.25, -0.2) is 0 Å². The first-order valence-electron chi connectivity index (χ1n) is 3.85. The molecule has 12 heavy (non-hydrogen) atoms. The van der Waals surface area contributed by atoms with Crippen LogP contribution in [-0.2, 0) is 0 Å². The summed E-state index contributed by atoms with van der Waals surface area (Å²) >= 11 is 0. The number of allylic oxidation sites excluding steroid dienone is 1. The van der Waals surface area contributed by atoms with Crippen LogP contribution in [0.1, 0.15) is 13.3 Å². The molecule has 0 aliphatic carbocycles. The molecule has 70 valence electrons. The molecule has 0 unspecified atom stereocenters. The number of likely N-dealkylation sites (tertiary alicyclic amines) is 1. The number of hydrogen-bond donors (Lipinski definition) is 0. The van der Waals surface area contributed by atoms with Crippen molar-refractivity contribution in [2.75, 3.05) is 20.1 Å². The highest BCUT2D eigenvalue weighted by Gasteiger charge is 2.33. The van der Waals surface area contributed by atoms with Gasteiger partial charge in [-0.15, -0.1) is 0 Å². The zero-order valence-corrected chi connectivity index (χ0v) is 7.20. The van der Waals surface area contributed by atoms with Gasteiger partial charge >= 0.3 is 6.18 Å². The van der Waals surface area contributed by atoms with Crippen molar-refractivity contribution in [3.05, 3.63) is 11.1 Å². The lowest BCUT2D eigenvalue weighted by Crippen LogP contribution is -2.15. The van der Waals surface area contributed by atoms with Crippen LogP contribution in [0.4, 0.5) is 13.2 Å². The molecule has 0 atom stereocenters. The third-order valence-electron chi connectivity index (χ3n) is 2.21. The van der Waals surface area contributed by atoms with Crippen molar-refractivity contribution in [2.45, 2.75) is 19.5 Å². The average Bonchev–Trinajstić information content (AvgIpc) is 2.32. The second-order valence-electron chi connectivity index (χ2n) is 3.21. The maximum absolute atomic E-state index is 12.2. The second-order valence-corrected chi connectivity index (χ2v) is 3.21. The summed E-state index contributed by atoms with van der Waals surface area (Å²) < 4.78 is 36.5. The van der Waals surface area contributed by atoms with Crippen molar-refractivity contribution in [2.24, 2.45) is 0 Å². The standard InChI is InChI=1S/C8H12F3N/c1-6(8(9,10)11)7-3-4-12(2)5-7/h3-5H2,1-2H3/b7-6-. The first-order chi connectivity index (χ1) is 5.41. The predicted octanol–water partition coefficient (Wildman–Crippen LogP) is 2.20. The third-order valence-corrected chi connectivity index (χ3v) is 2.21. The minimum Gasteiger partial charge on any atom is -0.302 e. The summed E-state index contributed by atoms with van der Waals surface area (Å²) in [6.45, 7) is 2.36. The quantitative estimate of drug-likeness (QED) is 0.515. The molecule has 0 bridgehead atoms. The van der Waals surface area contributed by atoms with Crippen LogP contribution in [0, 0.1) is 0 Å². The molecule has 0 aromatic rings. The maximum atomic E-state index is 12.2. The Bertz CT molecular complexity index is 205. The molecule has 0 N–H and O–H groups in total. The van der Waals surface area contributed by atoms with Crippen LogP contribution in [0.15, 0.2) is 11.1 Å². The van der Waals surface area contributed by atoms with Gasteiger partial charge in [0.05, 0.1) is 0 Å². The third kappa shape index (κ3) is 2.00. The molecule has 0 saturated carbocycles. The Hall–Kier alpha value is -0.510. The van der Waals surface area contributed by atoms with Crippen LogP contribution < -0.4 is 0 Å². The summed E-state index contributed by atoms with van der Waals surface area (Å²) in [6, 6.07) is 0. The van der Waals surface area contributed by atoms with Crippen molar-refractivity contribution in [3.63, 3.8) is 0 Å². The van der Waals surface area contributed by atoms with E-state index in [1.165, 1.54) is 0 Å². The lowest BCUT2D eigenvalue weighted by Gasteiger charge is -2.10. The molecule has 1 aliphatic heterocycles. The van der Waals surface area contributed by atoms with E-state index >= 15 is 0 Å². The second kappa shape index (κ2) is 3.09. The summed E-state index contributed by atoms with van der Waals surface area (Å²) in [5.74, 6) is 0. The number of likely N-dealkylation sites (N-methyl/N-ethyl adjacent to an activating group) is 1. The maximum Gasteiger partial charge on any atom is 0.412 e. The lowest BCUT2D eigenvalue weighted by atomic mass is 10.1. The fraction of sp³-hybridized carbons (Fsp3) is 0.750. The van der Waals surface area contributed by atoms with Gasteiger partial charge in [0.1, 0.15) is 0 Å². The molecule has 1 heterocycles. The number of hydrogen-bond acceptors (Lipinski definition) is 1. The first kappa shape index (κ1) is 9.58. The summed E-state index contributed by atoms with van der Waals surface area (Å²) in [6.07, 6.45) is -3.58. The molecular formula is C8H12F3N. The van der Waals surface area contributed by atoms with Crippen LogP contribution in [0.3, 0.4) is 0 Å². The Morgan fingerprint density at radius 2 is 2.00 bits per heavy atom. The fourth-order valence-corrected chi connectivity index (χ4v) is 1.32. The molecule has 1 aliphatic rings. The van der Waals surface area contributed by atoms with E-state index in [2.05, 4.69) is 0 Å². The molecule has 0 aromatic carbocycles. The Kier molecular flexibility index (Phi) is 2.46. The molecular weight excluding hydrogens is 167 g/mol. The Labute approximate surface area is 69.9 Å². The van der Waals surface area contributed by atoms with Crippen LogP contribution in [0.2, 0.25) is 0 Å². The van der Waals surface area contributed by atoms with Gasteiger partial charge in [0, 0.05) is 18.7 Å². The van der Waals surface area contributed by atoms with Gasteiger partial charge in [0.15, 0.2) is 0 Å². The van der Waals surface area contributed by atoms with E-state index in [0.29, 0.717) is 18.5 Å². The minimum absolute atomic E-state index is 0.410. The number of nitrogens with zero attached hydrogens (tertiary/aromatic N) is 1. The summed E-state index contributed by atoms with van der Waals surface area (Å²) in [4.78, 5) is 1.89. The van der Waals surface area contributed by atoms with E-state index in [-0.39, 0.29) is 0 Å². The van der Waals surface area contributed by atoms with Crippen molar-refractivity contribution in [1.82, 2.24) is 4.90 Å². The minimum atomic E-state index is -4.14. The highest BCUT2D eigenvalue weighted by molar-refractivity contribution is 5.21. The van der Waals surface area contributed by atoms with Crippen LogP contribution in [0.25, 0.3) is 0 Å². The topological polar surface area (TPSA) is 3.24 Å². The molecule has 0 amide bonds. The smallest absolute Gasteiger partial charge is 0.302 e. The molecule has 4 heteroatoms. The van der Waals surface area contributed by atoms with Crippen molar-refractivity contribution < 1.29 is 13.2 Å². The Balaban J connectivity index is 2.78. The Morgan fingerprint density at radius 3 is 2.33 bits per heavy atom. The molecule has 1 fully saturated rings. The van der Waals surface area contributed by atoms with Crippen LogP contribution in [0.5, 0.6) is 0 Å². The van der Waals surface area contributed by atoms with Gasteiger partial charge in [-0.05, 0) is 26.0 Å². The van der Waals surface area contributed by atoms with Gasteiger partial charge in [-0.2, -0.15) is 13.2 Å². The van der Waals surface area contributed by atoms with Gasteiger partial charge in [-0.1, -0.05) is 0 Å². The molecule has 0 radical (unpaired) electrons. The fourth-order valence-electron chi connectivity index (χ4n) is 1.32. The van der Waals surface area contributed by atoms with Crippen LogP contribution >= 0.6 is 0 Å². The van der Waals surface area contributed by atoms with E-state index in [0.717, 1.165) is 13.5 Å². The zero-order valence-electron chi connectivity index (χ0n) is 7.20. The summed E-state index contributed by atoms with van der Waals surface area (Å²) in [7, 11) is 1.83. The molecule has 0 spiro atoms. The van der Waals surface area contributed by atoms with Crippen molar-refractivity contribution in [1.29, 1.82) is 0 Å². The zero-order chi connectivity index (χ0) is 9.35. The molecule has 1 nitrogen and oxygen atoms in total. The molecule has 1 rings (SSSR count). The van der Waals surface area contributed by atoms with Crippen LogP contribution in [-0.4, -0.2) is 31.2 Å². The van der Waals surface area contributed by atoms with Gasteiger partial charge in [-0.3, -0.25) is 0 Å². The van der Waals surface area contributed by atoms with E-state index in [9.17, 15) is 13.2 Å². The lowest BCUT2D eigenvalue weighted by molar-refractivity contribution is -0.0922. The highest BCUT2D eigenvalue weighted by Crippen LogP contribution is 2.30. The van der Waals surface area contributed by atoms with E-state index in [4.69, 9.17) is 0 Å². The normalized spacial score (nSPS) is 24.8. The van der Waals surface area contributed by atoms with E-state index in [1.54, 1.807) is 0 Å². The predicted molar refractivity (Wildman–Crippen MR) is 40.9 cm³/mol. The van der Waals surface area contributed by atoms with Gasteiger partial charge in [0.2, 0.25) is 0 Å². The van der Waals surface area contributed by atoms with Gasteiger partial charge < -0.3 is 4.90 Å². The summed E-state index contributed by atoms with van der Waals surface area (Å²) in [5.41, 5.74) is 0.122. The summed E-state index contributed by atoms with van der Waals surface area (Å²) in [5, 5.41) is 0. The SMILES string of the molecule is C/C(=C1\CCN(C)C1)C(F)(F)F. The first-order valence-corrected chi connectivity index (χ1v) is 3.85. The van der Waals surface area contributed by atoms with E-state index < -0.39 is 11.7 Å². The van der Waals surface area contributed by atoms with Gasteiger partial charge in [0.25, 0.3) is 0 Å². The average molecular weight is 179 g/mol. The number of alkyl halides is 3. The highest BCUT2D eigenvalue weighted by atomic mass is 19.4. The monoisotopic (exact) mass is 179 g/mol. The van der Waals surface area contributed by atoms with Crippen molar-refractivity contribution >= 4 is 0 Å². The molecule has 0 aromatic heterocycles. The number of rotatable bonds is 0.